The van der Waals surface area contributed by atoms with Crippen LogP contribution in [0, 0.1) is 6.92 Å². The number of aryl methyl sites for hydroxylation is 2. The molecule has 148 valence electrons. The maximum absolute atomic E-state index is 13.3. The van der Waals surface area contributed by atoms with Crippen molar-refractivity contribution in [3.63, 3.8) is 0 Å². The number of pyridine rings is 1. The molecule has 0 aliphatic carbocycles. The standard InChI is InChI=1S/C22H22N4O3/c1-4-28-21-17(20(27)18-12-24-22-16(18)8-6-10-23-22)7-5-9-19(21)29-13-15-11-14(2)26(3)25-15/h5-12H,4,13H2,1-3H3,(H,23,24). The van der Waals surface area contributed by atoms with Crippen molar-refractivity contribution in [2.45, 2.75) is 20.5 Å². The predicted octanol–water partition coefficient (Wildman–Crippen LogP) is 3.81. The first-order chi connectivity index (χ1) is 14.1. The zero-order chi connectivity index (χ0) is 20.4. The first-order valence-electron chi connectivity index (χ1n) is 9.43. The summed E-state index contributed by atoms with van der Waals surface area (Å²) in [6.07, 6.45) is 3.37. The highest BCUT2D eigenvalue weighted by Gasteiger charge is 2.21. The minimum Gasteiger partial charge on any atom is -0.489 e. The lowest BCUT2D eigenvalue weighted by Crippen LogP contribution is -2.07. The molecule has 0 unspecified atom stereocenters. The van der Waals surface area contributed by atoms with Crippen LogP contribution in [-0.4, -0.2) is 32.1 Å². The largest absolute Gasteiger partial charge is 0.489 e. The van der Waals surface area contributed by atoms with Gasteiger partial charge in [0.1, 0.15) is 17.9 Å². The Bertz CT molecular complexity index is 1160. The second-order valence-corrected chi connectivity index (χ2v) is 6.69. The van der Waals surface area contributed by atoms with Gasteiger partial charge in [0.05, 0.1) is 12.2 Å². The highest BCUT2D eigenvalue weighted by atomic mass is 16.5. The van der Waals surface area contributed by atoms with Crippen LogP contribution in [0.25, 0.3) is 11.0 Å². The van der Waals surface area contributed by atoms with Gasteiger partial charge < -0.3 is 14.5 Å². The smallest absolute Gasteiger partial charge is 0.199 e. The average Bonchev–Trinajstić information content (AvgIpc) is 3.30. The van der Waals surface area contributed by atoms with Crippen molar-refractivity contribution >= 4 is 16.8 Å². The molecule has 0 atom stereocenters. The van der Waals surface area contributed by atoms with Gasteiger partial charge in [0.15, 0.2) is 17.3 Å². The van der Waals surface area contributed by atoms with E-state index >= 15 is 0 Å². The van der Waals surface area contributed by atoms with Gasteiger partial charge in [-0.25, -0.2) is 4.98 Å². The minimum absolute atomic E-state index is 0.146. The third kappa shape index (κ3) is 3.59. The minimum atomic E-state index is -0.146. The zero-order valence-electron chi connectivity index (χ0n) is 16.6. The molecule has 3 aromatic heterocycles. The van der Waals surface area contributed by atoms with Crippen molar-refractivity contribution in [2.24, 2.45) is 7.05 Å². The van der Waals surface area contributed by atoms with Crippen molar-refractivity contribution in [1.29, 1.82) is 0 Å². The number of aromatic amines is 1. The molecule has 0 spiro atoms. The molecule has 0 saturated heterocycles. The number of carbonyl (C=O) groups is 1. The summed E-state index contributed by atoms with van der Waals surface area (Å²) < 4.78 is 13.6. The Labute approximate surface area is 168 Å². The lowest BCUT2D eigenvalue weighted by atomic mass is 10.0. The summed E-state index contributed by atoms with van der Waals surface area (Å²) in [7, 11) is 1.89. The van der Waals surface area contributed by atoms with Crippen molar-refractivity contribution in [2.75, 3.05) is 6.61 Å². The Morgan fingerprint density at radius 3 is 2.79 bits per heavy atom. The summed E-state index contributed by atoms with van der Waals surface area (Å²) in [5, 5.41) is 5.18. The van der Waals surface area contributed by atoms with Crippen LogP contribution in [0.2, 0.25) is 0 Å². The number of ether oxygens (including phenoxy) is 2. The monoisotopic (exact) mass is 390 g/mol. The molecule has 1 N–H and O–H groups in total. The van der Waals surface area contributed by atoms with Crippen LogP contribution in [0.1, 0.15) is 34.2 Å². The molecule has 0 saturated carbocycles. The first-order valence-corrected chi connectivity index (χ1v) is 9.43. The number of nitrogens with one attached hydrogen (secondary N) is 1. The fourth-order valence-corrected chi connectivity index (χ4v) is 3.25. The molecule has 4 rings (SSSR count). The van der Waals surface area contributed by atoms with E-state index in [9.17, 15) is 4.79 Å². The van der Waals surface area contributed by atoms with Crippen LogP contribution in [0.4, 0.5) is 0 Å². The summed E-state index contributed by atoms with van der Waals surface area (Å²) in [6, 6.07) is 11.0. The summed E-state index contributed by atoms with van der Waals surface area (Å²) in [5.41, 5.74) is 3.53. The molecule has 3 heterocycles. The number of fused-ring (bicyclic) bond motifs is 1. The second kappa shape index (κ2) is 7.79. The van der Waals surface area contributed by atoms with E-state index in [1.54, 1.807) is 35.3 Å². The Kier molecular flexibility index (Phi) is 5.03. The molecular formula is C22H22N4O3. The number of carbonyl (C=O) groups excluding carboxylic acids is 1. The third-order valence-corrected chi connectivity index (χ3v) is 4.75. The number of H-pyrrole nitrogens is 1. The quantitative estimate of drug-likeness (QED) is 0.485. The van der Waals surface area contributed by atoms with E-state index < -0.39 is 0 Å². The molecular weight excluding hydrogens is 368 g/mol. The Morgan fingerprint density at radius 1 is 1.17 bits per heavy atom. The normalized spacial score (nSPS) is 11.0. The van der Waals surface area contributed by atoms with E-state index in [1.165, 1.54) is 0 Å². The average molecular weight is 390 g/mol. The number of aromatic nitrogens is 4. The highest BCUT2D eigenvalue weighted by molar-refractivity contribution is 6.17. The fraction of sp³-hybridized carbons (Fsp3) is 0.227. The molecule has 7 nitrogen and oxygen atoms in total. The summed E-state index contributed by atoms with van der Waals surface area (Å²) in [4.78, 5) is 20.6. The summed E-state index contributed by atoms with van der Waals surface area (Å²) in [6.45, 7) is 4.56. The van der Waals surface area contributed by atoms with Crippen LogP contribution in [0.3, 0.4) is 0 Å². The SMILES string of the molecule is CCOc1c(OCc2cc(C)n(C)n2)cccc1C(=O)c1c[nH]c2ncccc12. The number of hydrogen-bond acceptors (Lipinski definition) is 5. The molecule has 1 aromatic carbocycles. The van der Waals surface area contributed by atoms with E-state index in [-0.39, 0.29) is 12.4 Å². The van der Waals surface area contributed by atoms with Gasteiger partial charge >= 0.3 is 0 Å². The number of benzene rings is 1. The van der Waals surface area contributed by atoms with Gasteiger partial charge in [0.2, 0.25) is 0 Å². The Hall–Kier alpha value is -3.61. The number of rotatable bonds is 7. The number of ketones is 1. The van der Waals surface area contributed by atoms with E-state index in [1.807, 2.05) is 39.1 Å². The van der Waals surface area contributed by atoms with Crippen LogP contribution in [0.5, 0.6) is 11.5 Å². The van der Waals surface area contributed by atoms with Gasteiger partial charge in [0, 0.05) is 36.1 Å². The first kappa shape index (κ1) is 18.7. The van der Waals surface area contributed by atoms with E-state index in [0.717, 1.165) is 16.8 Å². The molecule has 0 aliphatic heterocycles. The number of hydrogen-bond donors (Lipinski definition) is 1. The molecule has 0 aliphatic rings. The molecule has 29 heavy (non-hydrogen) atoms. The lowest BCUT2D eigenvalue weighted by Gasteiger charge is -2.14. The second-order valence-electron chi connectivity index (χ2n) is 6.69. The summed E-state index contributed by atoms with van der Waals surface area (Å²) >= 11 is 0. The molecule has 0 fully saturated rings. The van der Waals surface area contributed by atoms with E-state index in [0.29, 0.717) is 34.9 Å². The molecule has 0 radical (unpaired) electrons. The van der Waals surface area contributed by atoms with Crippen LogP contribution >= 0.6 is 0 Å². The Balaban J connectivity index is 1.68. The van der Waals surface area contributed by atoms with Gasteiger partial charge in [-0.15, -0.1) is 0 Å². The molecule has 4 aromatic rings. The van der Waals surface area contributed by atoms with Crippen molar-refractivity contribution in [3.8, 4) is 11.5 Å². The van der Waals surface area contributed by atoms with Gasteiger partial charge in [-0.3, -0.25) is 9.48 Å². The van der Waals surface area contributed by atoms with Crippen molar-refractivity contribution in [1.82, 2.24) is 19.7 Å². The van der Waals surface area contributed by atoms with E-state index in [4.69, 9.17) is 9.47 Å². The third-order valence-electron chi connectivity index (χ3n) is 4.75. The number of para-hydroxylation sites is 1. The highest BCUT2D eigenvalue weighted by Crippen LogP contribution is 2.34. The van der Waals surface area contributed by atoms with Crippen LogP contribution < -0.4 is 9.47 Å². The van der Waals surface area contributed by atoms with Crippen LogP contribution in [-0.2, 0) is 13.7 Å². The molecule has 0 bridgehead atoms. The van der Waals surface area contributed by atoms with Gasteiger partial charge in [-0.1, -0.05) is 6.07 Å². The topological polar surface area (TPSA) is 82.0 Å². The molecule has 0 amide bonds. The van der Waals surface area contributed by atoms with Crippen molar-refractivity contribution < 1.29 is 14.3 Å². The lowest BCUT2D eigenvalue weighted by molar-refractivity contribution is 0.103. The summed E-state index contributed by atoms with van der Waals surface area (Å²) in [5.74, 6) is 0.802. The van der Waals surface area contributed by atoms with Crippen molar-refractivity contribution in [3.05, 3.63) is 71.3 Å². The maximum atomic E-state index is 13.3. The van der Waals surface area contributed by atoms with Crippen LogP contribution in [0.15, 0.2) is 48.8 Å². The fourth-order valence-electron chi connectivity index (χ4n) is 3.25. The number of nitrogens with zero attached hydrogens (tertiary/aromatic N) is 3. The van der Waals surface area contributed by atoms with Gasteiger partial charge in [-0.2, -0.15) is 5.10 Å². The maximum Gasteiger partial charge on any atom is 0.199 e. The molecule has 7 heteroatoms. The predicted molar refractivity (Wildman–Crippen MR) is 109 cm³/mol. The Morgan fingerprint density at radius 2 is 2.03 bits per heavy atom. The van der Waals surface area contributed by atoms with E-state index in [2.05, 4.69) is 15.1 Å². The van der Waals surface area contributed by atoms with Gasteiger partial charge in [-0.05, 0) is 44.2 Å². The zero-order valence-corrected chi connectivity index (χ0v) is 16.6. The van der Waals surface area contributed by atoms with Gasteiger partial charge in [0.25, 0.3) is 0 Å².